The van der Waals surface area contributed by atoms with Crippen LogP contribution in [0.2, 0.25) is 0 Å². The van der Waals surface area contributed by atoms with Gasteiger partial charge in [-0.3, -0.25) is 5.43 Å². The van der Waals surface area contributed by atoms with Gasteiger partial charge in [-0.25, -0.2) is 5.84 Å². The summed E-state index contributed by atoms with van der Waals surface area (Å²) in [6.45, 7) is 3.98. The highest BCUT2D eigenvalue weighted by molar-refractivity contribution is 5.25. The molecule has 112 valence electrons. The third kappa shape index (κ3) is 3.91. The second-order valence-electron chi connectivity index (χ2n) is 4.74. The molecule has 0 amide bonds. The lowest BCUT2D eigenvalue weighted by atomic mass is 10.0. The van der Waals surface area contributed by atoms with Crippen LogP contribution in [0.5, 0.6) is 12.0 Å². The van der Waals surface area contributed by atoms with Crippen molar-refractivity contribution in [3.63, 3.8) is 0 Å². The molecule has 2 heterocycles. The van der Waals surface area contributed by atoms with E-state index in [9.17, 15) is 0 Å². The summed E-state index contributed by atoms with van der Waals surface area (Å²) in [6, 6.07) is 0.836. The van der Waals surface area contributed by atoms with E-state index in [1.54, 1.807) is 0 Å². The molecule has 8 nitrogen and oxygen atoms in total. The van der Waals surface area contributed by atoms with Crippen LogP contribution in [0, 0.1) is 0 Å². The number of hydrazine groups is 1. The molecular weight excluding hydrogens is 260 g/mol. The highest BCUT2D eigenvalue weighted by atomic mass is 16.5. The number of rotatable bonds is 6. The van der Waals surface area contributed by atoms with Crippen molar-refractivity contribution in [1.82, 2.24) is 19.9 Å². The van der Waals surface area contributed by atoms with Crippen molar-refractivity contribution in [2.75, 3.05) is 32.2 Å². The summed E-state index contributed by atoms with van der Waals surface area (Å²) in [5, 5.41) is 0. The minimum absolute atomic E-state index is 0.211. The third-order valence-electron chi connectivity index (χ3n) is 3.32. The van der Waals surface area contributed by atoms with Crippen LogP contribution in [0.4, 0.5) is 5.95 Å². The summed E-state index contributed by atoms with van der Waals surface area (Å²) in [5.41, 5.74) is 2.38. The highest BCUT2D eigenvalue weighted by Crippen LogP contribution is 2.17. The topological polar surface area (TPSA) is 98.4 Å². The van der Waals surface area contributed by atoms with Crippen molar-refractivity contribution in [3.8, 4) is 12.0 Å². The molecule has 2 rings (SSSR count). The highest BCUT2D eigenvalue weighted by Gasteiger charge is 2.20. The van der Waals surface area contributed by atoms with Crippen molar-refractivity contribution in [2.45, 2.75) is 32.2 Å². The quantitative estimate of drug-likeness (QED) is 0.572. The fourth-order valence-electron chi connectivity index (χ4n) is 2.19. The molecule has 20 heavy (non-hydrogen) atoms. The molecule has 1 aliphatic rings. The fourth-order valence-corrected chi connectivity index (χ4v) is 2.19. The SMILES string of the molecule is CCOc1nc(NN)nc(OCC2CCCCN2C)n1. The number of nitrogens with zero attached hydrogens (tertiary/aromatic N) is 4. The van der Waals surface area contributed by atoms with Gasteiger partial charge in [-0.15, -0.1) is 4.98 Å². The van der Waals surface area contributed by atoms with Gasteiger partial charge in [0.1, 0.15) is 6.61 Å². The number of nitrogens with two attached hydrogens (primary N) is 1. The number of likely N-dealkylation sites (tertiary alicyclic amines) is 1. The molecule has 1 aromatic heterocycles. The second-order valence-corrected chi connectivity index (χ2v) is 4.74. The average molecular weight is 282 g/mol. The van der Waals surface area contributed by atoms with E-state index < -0.39 is 0 Å². The van der Waals surface area contributed by atoms with Crippen LogP contribution in [0.25, 0.3) is 0 Å². The lowest BCUT2D eigenvalue weighted by Crippen LogP contribution is -2.40. The summed E-state index contributed by atoms with van der Waals surface area (Å²) in [6.07, 6.45) is 3.60. The first kappa shape index (κ1) is 14.7. The third-order valence-corrected chi connectivity index (χ3v) is 3.32. The zero-order chi connectivity index (χ0) is 14.4. The largest absolute Gasteiger partial charge is 0.464 e. The van der Waals surface area contributed by atoms with Gasteiger partial charge in [0.2, 0.25) is 5.95 Å². The fraction of sp³-hybridized carbons (Fsp3) is 0.750. The van der Waals surface area contributed by atoms with Crippen LogP contribution in [0.1, 0.15) is 26.2 Å². The van der Waals surface area contributed by atoms with E-state index in [1.165, 1.54) is 12.8 Å². The molecule has 1 atom stereocenters. The molecular formula is C12H22N6O2. The molecule has 1 saturated heterocycles. The van der Waals surface area contributed by atoms with E-state index in [4.69, 9.17) is 15.3 Å². The molecule has 1 fully saturated rings. The van der Waals surface area contributed by atoms with Crippen molar-refractivity contribution in [3.05, 3.63) is 0 Å². The first-order valence-electron chi connectivity index (χ1n) is 6.91. The van der Waals surface area contributed by atoms with Gasteiger partial charge in [0.05, 0.1) is 6.61 Å². The Kier molecular flexibility index (Phi) is 5.31. The van der Waals surface area contributed by atoms with Crippen LogP contribution >= 0.6 is 0 Å². The van der Waals surface area contributed by atoms with Crippen molar-refractivity contribution in [2.24, 2.45) is 5.84 Å². The summed E-state index contributed by atoms with van der Waals surface area (Å²) in [5.74, 6) is 5.55. The molecule has 0 spiro atoms. The zero-order valence-electron chi connectivity index (χ0n) is 12.0. The zero-order valence-corrected chi connectivity index (χ0v) is 12.0. The van der Waals surface area contributed by atoms with E-state index in [-0.39, 0.29) is 18.0 Å². The monoisotopic (exact) mass is 282 g/mol. The van der Waals surface area contributed by atoms with Crippen LogP contribution < -0.4 is 20.7 Å². The molecule has 1 aromatic rings. The number of likely N-dealkylation sites (N-methyl/N-ethyl adjacent to an activating group) is 1. The normalized spacial score (nSPS) is 19.6. The van der Waals surface area contributed by atoms with Gasteiger partial charge >= 0.3 is 12.0 Å². The molecule has 8 heteroatoms. The molecule has 0 aromatic carbocycles. The summed E-state index contributed by atoms with van der Waals surface area (Å²) in [7, 11) is 2.11. The maximum atomic E-state index is 5.67. The van der Waals surface area contributed by atoms with Crippen molar-refractivity contribution >= 4 is 5.95 Å². The minimum atomic E-state index is 0.211. The van der Waals surface area contributed by atoms with Crippen LogP contribution in [-0.2, 0) is 0 Å². The predicted octanol–water partition coefficient (Wildman–Crippen LogP) is 0.419. The summed E-state index contributed by atoms with van der Waals surface area (Å²) < 4.78 is 10.9. The Morgan fingerprint density at radius 3 is 2.65 bits per heavy atom. The Hall–Kier alpha value is -1.67. The number of ether oxygens (including phenoxy) is 2. The molecule has 0 aliphatic carbocycles. The standard InChI is InChI=1S/C12H22N6O2/c1-3-19-11-14-10(17-13)15-12(16-11)20-8-9-6-4-5-7-18(9)2/h9H,3-8,13H2,1-2H3,(H,14,15,16,17). The van der Waals surface area contributed by atoms with E-state index in [2.05, 4.69) is 32.3 Å². The molecule has 0 radical (unpaired) electrons. The van der Waals surface area contributed by atoms with Crippen molar-refractivity contribution < 1.29 is 9.47 Å². The molecule has 0 saturated carbocycles. The molecule has 1 aliphatic heterocycles. The lowest BCUT2D eigenvalue weighted by Gasteiger charge is -2.31. The molecule has 1 unspecified atom stereocenters. The molecule has 3 N–H and O–H groups in total. The van der Waals surface area contributed by atoms with E-state index in [0.29, 0.717) is 19.3 Å². The van der Waals surface area contributed by atoms with Gasteiger partial charge in [0, 0.05) is 6.04 Å². The smallest absolute Gasteiger partial charge is 0.324 e. The number of nitrogen functional groups attached to an aromatic ring is 1. The Morgan fingerprint density at radius 2 is 2.00 bits per heavy atom. The second kappa shape index (κ2) is 7.20. The summed E-state index contributed by atoms with van der Waals surface area (Å²) >= 11 is 0. The van der Waals surface area contributed by atoms with Crippen LogP contribution in [0.15, 0.2) is 0 Å². The van der Waals surface area contributed by atoms with Crippen LogP contribution in [0.3, 0.4) is 0 Å². The van der Waals surface area contributed by atoms with Gasteiger partial charge in [0.15, 0.2) is 0 Å². The number of hydrogen-bond donors (Lipinski definition) is 2. The van der Waals surface area contributed by atoms with Gasteiger partial charge in [-0.2, -0.15) is 9.97 Å². The van der Waals surface area contributed by atoms with E-state index in [0.717, 1.165) is 13.0 Å². The van der Waals surface area contributed by atoms with E-state index in [1.807, 2.05) is 6.92 Å². The maximum absolute atomic E-state index is 5.67. The van der Waals surface area contributed by atoms with Crippen molar-refractivity contribution in [1.29, 1.82) is 0 Å². The Morgan fingerprint density at radius 1 is 1.25 bits per heavy atom. The Balaban J connectivity index is 1.98. The average Bonchev–Trinajstić information content (AvgIpc) is 2.46. The summed E-state index contributed by atoms with van der Waals surface area (Å²) in [4.78, 5) is 14.4. The Labute approximate surface area is 118 Å². The predicted molar refractivity (Wildman–Crippen MR) is 74.6 cm³/mol. The van der Waals surface area contributed by atoms with Gasteiger partial charge in [-0.05, 0) is 33.4 Å². The number of piperidine rings is 1. The number of anilines is 1. The van der Waals surface area contributed by atoms with Gasteiger partial charge < -0.3 is 14.4 Å². The van der Waals surface area contributed by atoms with E-state index >= 15 is 0 Å². The number of nitrogens with one attached hydrogen (secondary N) is 1. The Bertz CT molecular complexity index is 430. The number of hydrogen-bond acceptors (Lipinski definition) is 8. The molecule has 0 bridgehead atoms. The first-order valence-corrected chi connectivity index (χ1v) is 6.91. The van der Waals surface area contributed by atoms with Gasteiger partial charge in [0.25, 0.3) is 0 Å². The minimum Gasteiger partial charge on any atom is -0.464 e. The van der Waals surface area contributed by atoms with Crippen LogP contribution in [-0.4, -0.2) is 52.7 Å². The first-order chi connectivity index (χ1) is 9.72. The maximum Gasteiger partial charge on any atom is 0.324 e. The number of aromatic nitrogens is 3. The van der Waals surface area contributed by atoms with Gasteiger partial charge in [-0.1, -0.05) is 6.42 Å². The lowest BCUT2D eigenvalue weighted by molar-refractivity contribution is 0.119.